The smallest absolute Gasteiger partial charge is 0.118 e. The van der Waals surface area contributed by atoms with E-state index in [1.54, 1.807) is 7.11 Å². The van der Waals surface area contributed by atoms with Crippen molar-refractivity contribution in [3.05, 3.63) is 29.8 Å². The Kier molecular flexibility index (Phi) is 5.79. The van der Waals surface area contributed by atoms with Crippen molar-refractivity contribution < 1.29 is 14.2 Å². The summed E-state index contributed by atoms with van der Waals surface area (Å²) in [6.45, 7) is 9.02. The van der Waals surface area contributed by atoms with E-state index in [0.29, 0.717) is 5.92 Å². The summed E-state index contributed by atoms with van der Waals surface area (Å²) in [6.07, 6.45) is 3.84. The largest absolute Gasteiger partial charge is 0.497 e. The molecule has 3 fully saturated rings. The van der Waals surface area contributed by atoms with E-state index in [9.17, 15) is 0 Å². The highest BCUT2D eigenvalue weighted by Crippen LogP contribution is 2.34. The highest BCUT2D eigenvalue weighted by atomic mass is 16.5. The number of ether oxygens (including phenoxy) is 3. The van der Waals surface area contributed by atoms with Gasteiger partial charge >= 0.3 is 0 Å². The van der Waals surface area contributed by atoms with Crippen molar-refractivity contribution in [3.8, 4) is 5.75 Å². The zero-order valence-electron chi connectivity index (χ0n) is 16.0. The van der Waals surface area contributed by atoms with E-state index in [-0.39, 0.29) is 5.60 Å². The van der Waals surface area contributed by atoms with Crippen LogP contribution in [-0.4, -0.2) is 75.1 Å². The van der Waals surface area contributed by atoms with E-state index < -0.39 is 0 Å². The minimum Gasteiger partial charge on any atom is -0.497 e. The fourth-order valence-electron chi connectivity index (χ4n) is 4.71. The Labute approximate surface area is 157 Å². The lowest BCUT2D eigenvalue weighted by Crippen LogP contribution is -2.44. The molecule has 0 amide bonds. The molecule has 3 saturated heterocycles. The summed E-state index contributed by atoms with van der Waals surface area (Å²) in [5.74, 6) is 1.56. The van der Waals surface area contributed by atoms with Gasteiger partial charge in [-0.05, 0) is 56.0 Å². The number of likely N-dealkylation sites (tertiary alicyclic amines) is 1. The van der Waals surface area contributed by atoms with Gasteiger partial charge in [0.1, 0.15) is 11.4 Å². The van der Waals surface area contributed by atoms with Gasteiger partial charge in [0.25, 0.3) is 0 Å². The van der Waals surface area contributed by atoms with Gasteiger partial charge < -0.3 is 19.1 Å². The van der Waals surface area contributed by atoms with Gasteiger partial charge in [-0.2, -0.15) is 0 Å². The molecule has 1 aromatic rings. The van der Waals surface area contributed by atoms with E-state index in [4.69, 9.17) is 14.2 Å². The summed E-state index contributed by atoms with van der Waals surface area (Å²) in [7, 11) is 1.71. The SMILES string of the molecule is COc1ccc(CN2CCOC[C@]3(C[C@H](CN4CCCC4)CO3)C2)cc1. The summed E-state index contributed by atoms with van der Waals surface area (Å²) >= 11 is 0. The zero-order chi connectivity index (χ0) is 17.8. The maximum atomic E-state index is 6.38. The molecule has 0 aliphatic carbocycles. The Bertz CT molecular complexity index is 573. The van der Waals surface area contributed by atoms with Gasteiger partial charge in [-0.1, -0.05) is 12.1 Å². The molecule has 5 nitrogen and oxygen atoms in total. The molecule has 26 heavy (non-hydrogen) atoms. The molecule has 0 unspecified atom stereocenters. The Balaban J connectivity index is 1.36. The number of methoxy groups -OCH3 is 1. The molecule has 3 heterocycles. The molecule has 0 aromatic heterocycles. The first kappa shape index (κ1) is 18.2. The molecule has 3 aliphatic rings. The van der Waals surface area contributed by atoms with Crippen LogP contribution in [0.5, 0.6) is 5.75 Å². The van der Waals surface area contributed by atoms with Crippen LogP contribution < -0.4 is 4.74 Å². The maximum absolute atomic E-state index is 6.38. The van der Waals surface area contributed by atoms with Crippen LogP contribution in [0.15, 0.2) is 24.3 Å². The second-order valence-electron chi connectivity index (χ2n) is 8.18. The van der Waals surface area contributed by atoms with Crippen LogP contribution in [0.3, 0.4) is 0 Å². The van der Waals surface area contributed by atoms with Gasteiger partial charge in [-0.15, -0.1) is 0 Å². The van der Waals surface area contributed by atoms with Crippen molar-refractivity contribution in [3.63, 3.8) is 0 Å². The quantitative estimate of drug-likeness (QED) is 0.805. The average molecular weight is 360 g/mol. The summed E-state index contributed by atoms with van der Waals surface area (Å²) in [4.78, 5) is 5.10. The molecule has 1 spiro atoms. The first-order valence-corrected chi connectivity index (χ1v) is 10.0. The number of hydrogen-bond donors (Lipinski definition) is 0. The van der Waals surface area contributed by atoms with Gasteiger partial charge in [0.2, 0.25) is 0 Å². The minimum absolute atomic E-state index is 0.118. The van der Waals surface area contributed by atoms with Crippen LogP contribution in [0, 0.1) is 5.92 Å². The molecule has 0 bridgehead atoms. The van der Waals surface area contributed by atoms with E-state index in [0.717, 1.165) is 51.6 Å². The molecule has 1 aromatic carbocycles. The lowest BCUT2D eigenvalue weighted by atomic mass is 9.93. The molecule has 0 saturated carbocycles. The second kappa shape index (κ2) is 8.26. The van der Waals surface area contributed by atoms with E-state index in [1.807, 2.05) is 12.1 Å². The Morgan fingerprint density at radius 1 is 1.12 bits per heavy atom. The Morgan fingerprint density at radius 3 is 2.69 bits per heavy atom. The van der Waals surface area contributed by atoms with E-state index in [2.05, 4.69) is 21.9 Å². The summed E-state index contributed by atoms with van der Waals surface area (Å²) in [6, 6.07) is 8.39. The second-order valence-corrected chi connectivity index (χ2v) is 8.18. The van der Waals surface area contributed by atoms with Crippen molar-refractivity contribution in [1.82, 2.24) is 9.80 Å². The highest BCUT2D eigenvalue weighted by molar-refractivity contribution is 5.27. The monoisotopic (exact) mass is 360 g/mol. The highest BCUT2D eigenvalue weighted by Gasteiger charge is 2.43. The van der Waals surface area contributed by atoms with Crippen molar-refractivity contribution in [2.75, 3.05) is 59.7 Å². The van der Waals surface area contributed by atoms with Crippen LogP contribution in [0.2, 0.25) is 0 Å². The topological polar surface area (TPSA) is 34.2 Å². The summed E-state index contributed by atoms with van der Waals surface area (Å²) in [5.41, 5.74) is 1.20. The number of nitrogens with zero attached hydrogens (tertiary/aromatic N) is 2. The molecule has 5 heteroatoms. The Hall–Kier alpha value is -1.14. The van der Waals surface area contributed by atoms with Gasteiger partial charge in [0, 0.05) is 26.2 Å². The first-order chi connectivity index (χ1) is 12.7. The minimum atomic E-state index is -0.118. The number of rotatable bonds is 5. The van der Waals surface area contributed by atoms with Crippen LogP contribution in [0.4, 0.5) is 0 Å². The first-order valence-electron chi connectivity index (χ1n) is 10.0. The van der Waals surface area contributed by atoms with Crippen LogP contribution >= 0.6 is 0 Å². The fraction of sp³-hybridized carbons (Fsp3) is 0.714. The van der Waals surface area contributed by atoms with Gasteiger partial charge in [0.05, 0.1) is 26.9 Å². The standard InChI is InChI=1S/C21H32N2O3/c1-24-20-6-4-18(5-7-20)13-23-10-11-25-17-21(16-23)12-19(15-26-21)14-22-8-2-3-9-22/h4-7,19H,2-3,8-17H2,1H3/t19-,21+/m1/s1. The van der Waals surface area contributed by atoms with E-state index in [1.165, 1.54) is 38.0 Å². The molecule has 0 N–H and O–H groups in total. The lowest BCUT2D eigenvalue weighted by molar-refractivity contribution is -0.0563. The number of hydrogen-bond acceptors (Lipinski definition) is 5. The molecular formula is C21H32N2O3. The molecule has 4 rings (SSSR count). The predicted molar refractivity (Wildman–Crippen MR) is 102 cm³/mol. The molecule has 3 aliphatic heterocycles. The lowest BCUT2D eigenvalue weighted by Gasteiger charge is -2.31. The van der Waals surface area contributed by atoms with Crippen molar-refractivity contribution >= 4 is 0 Å². The molecular weight excluding hydrogens is 328 g/mol. The number of benzene rings is 1. The normalized spacial score (nSPS) is 30.7. The molecule has 2 atom stereocenters. The van der Waals surface area contributed by atoms with E-state index >= 15 is 0 Å². The van der Waals surface area contributed by atoms with Gasteiger partial charge in [0.15, 0.2) is 0 Å². The van der Waals surface area contributed by atoms with Gasteiger partial charge in [-0.3, -0.25) is 4.90 Å². The molecule has 144 valence electrons. The predicted octanol–water partition coefficient (Wildman–Crippen LogP) is 2.40. The molecule has 0 radical (unpaired) electrons. The third-order valence-electron chi connectivity index (χ3n) is 5.99. The van der Waals surface area contributed by atoms with Crippen molar-refractivity contribution in [2.45, 2.75) is 31.4 Å². The summed E-state index contributed by atoms with van der Waals surface area (Å²) < 4.78 is 17.6. The van der Waals surface area contributed by atoms with Crippen LogP contribution in [0.1, 0.15) is 24.8 Å². The van der Waals surface area contributed by atoms with Crippen LogP contribution in [0.25, 0.3) is 0 Å². The third kappa shape index (κ3) is 4.39. The van der Waals surface area contributed by atoms with Crippen LogP contribution in [-0.2, 0) is 16.0 Å². The zero-order valence-corrected chi connectivity index (χ0v) is 16.0. The van der Waals surface area contributed by atoms with Crippen molar-refractivity contribution in [2.24, 2.45) is 5.92 Å². The summed E-state index contributed by atoms with van der Waals surface area (Å²) in [5, 5.41) is 0. The fourth-order valence-corrected chi connectivity index (χ4v) is 4.71. The van der Waals surface area contributed by atoms with Crippen molar-refractivity contribution in [1.29, 1.82) is 0 Å². The average Bonchev–Trinajstić information content (AvgIpc) is 3.25. The maximum Gasteiger partial charge on any atom is 0.118 e. The Morgan fingerprint density at radius 2 is 1.92 bits per heavy atom. The third-order valence-corrected chi connectivity index (χ3v) is 5.99. The van der Waals surface area contributed by atoms with Gasteiger partial charge in [-0.25, -0.2) is 0 Å².